The van der Waals surface area contributed by atoms with Gasteiger partial charge in [0, 0.05) is 35.5 Å². The quantitative estimate of drug-likeness (QED) is 0.430. The number of nitrogens with zero attached hydrogens (tertiary/aromatic N) is 5. The molecule has 1 aromatic carbocycles. The topological polar surface area (TPSA) is 91.9 Å². The van der Waals surface area contributed by atoms with Crippen molar-refractivity contribution < 1.29 is 14.3 Å². The van der Waals surface area contributed by atoms with Gasteiger partial charge in [-0.2, -0.15) is 4.80 Å². The van der Waals surface area contributed by atoms with E-state index in [0.29, 0.717) is 30.8 Å². The number of Topliss-reactive ketones (excluding diaryl/α,β-unsaturated/α-hetero) is 1. The predicted octanol–water partition coefficient (Wildman–Crippen LogP) is 2.90. The van der Waals surface area contributed by atoms with Crippen LogP contribution in [0.25, 0.3) is 11.4 Å². The van der Waals surface area contributed by atoms with Gasteiger partial charge in [-0.05, 0) is 38.5 Å². The highest BCUT2D eigenvalue weighted by atomic mass is 16.5. The summed E-state index contributed by atoms with van der Waals surface area (Å²) in [6.45, 7) is 6.54. The van der Waals surface area contributed by atoms with E-state index in [1.54, 1.807) is 0 Å². The lowest BCUT2D eigenvalue weighted by atomic mass is 10.1. The molecule has 0 N–H and O–H groups in total. The Morgan fingerprint density at radius 2 is 1.83 bits per heavy atom. The lowest BCUT2D eigenvalue weighted by molar-refractivity contribution is -0.140. The second-order valence-electron chi connectivity index (χ2n) is 7.05. The van der Waals surface area contributed by atoms with Crippen LogP contribution in [0.3, 0.4) is 0 Å². The first-order valence-corrected chi connectivity index (χ1v) is 9.50. The number of aromatic nitrogens is 5. The molecule has 0 fully saturated rings. The summed E-state index contributed by atoms with van der Waals surface area (Å²) in [6.07, 6.45) is 1.00. The molecule has 0 atom stereocenters. The summed E-state index contributed by atoms with van der Waals surface area (Å²) in [6, 6.07) is 9.70. The zero-order valence-corrected chi connectivity index (χ0v) is 17.2. The first-order valence-electron chi connectivity index (χ1n) is 9.50. The van der Waals surface area contributed by atoms with Gasteiger partial charge in [0.15, 0.2) is 5.78 Å². The molecule has 2 aromatic heterocycles. The molecule has 152 valence electrons. The zero-order chi connectivity index (χ0) is 21.0. The number of esters is 1. The minimum atomic E-state index is -0.231. The number of carbonyl (C=O) groups is 2. The third-order valence-electron chi connectivity index (χ3n) is 4.91. The largest absolute Gasteiger partial charge is 0.469 e. The smallest absolute Gasteiger partial charge is 0.305 e. The molecule has 0 aliphatic rings. The van der Waals surface area contributed by atoms with Crippen LogP contribution in [0, 0.1) is 20.8 Å². The summed E-state index contributed by atoms with van der Waals surface area (Å²) in [5.74, 6) is 0.182. The van der Waals surface area contributed by atoms with Crippen LogP contribution >= 0.6 is 0 Å². The molecule has 0 radical (unpaired) electrons. The fourth-order valence-electron chi connectivity index (χ4n) is 3.25. The molecular formula is C21H25N5O3. The van der Waals surface area contributed by atoms with Gasteiger partial charge >= 0.3 is 5.97 Å². The Kier molecular flexibility index (Phi) is 6.21. The molecule has 8 nitrogen and oxygen atoms in total. The molecule has 3 aromatic rings. The van der Waals surface area contributed by atoms with Crippen LogP contribution in [0.15, 0.2) is 30.3 Å². The van der Waals surface area contributed by atoms with Crippen molar-refractivity contribution in [3.05, 3.63) is 52.8 Å². The Morgan fingerprint density at radius 1 is 1.10 bits per heavy atom. The van der Waals surface area contributed by atoms with E-state index in [9.17, 15) is 9.59 Å². The van der Waals surface area contributed by atoms with Gasteiger partial charge in [-0.15, -0.1) is 10.2 Å². The first kappa shape index (κ1) is 20.4. The second-order valence-corrected chi connectivity index (χ2v) is 7.05. The van der Waals surface area contributed by atoms with Gasteiger partial charge < -0.3 is 9.30 Å². The highest BCUT2D eigenvalue weighted by Crippen LogP contribution is 2.18. The molecule has 0 amide bonds. The van der Waals surface area contributed by atoms with E-state index in [-0.39, 0.29) is 18.3 Å². The van der Waals surface area contributed by atoms with Gasteiger partial charge in [0.05, 0.1) is 7.11 Å². The highest BCUT2D eigenvalue weighted by molar-refractivity contribution is 5.97. The minimum Gasteiger partial charge on any atom is -0.469 e. The number of tetrazole rings is 1. The molecule has 3 rings (SSSR count). The Balaban J connectivity index is 1.69. The van der Waals surface area contributed by atoms with Crippen molar-refractivity contribution in [1.82, 2.24) is 24.8 Å². The minimum absolute atomic E-state index is 0.0192. The Labute approximate surface area is 169 Å². The van der Waals surface area contributed by atoms with E-state index in [2.05, 4.69) is 20.1 Å². The maximum Gasteiger partial charge on any atom is 0.305 e. The fraction of sp³-hybridized carbons (Fsp3) is 0.381. The number of benzene rings is 1. The number of methoxy groups -OCH3 is 1. The third-order valence-corrected chi connectivity index (χ3v) is 4.91. The van der Waals surface area contributed by atoms with E-state index in [1.165, 1.54) is 11.9 Å². The lowest BCUT2D eigenvalue weighted by Crippen LogP contribution is -2.14. The van der Waals surface area contributed by atoms with Gasteiger partial charge in [0.2, 0.25) is 5.82 Å². The van der Waals surface area contributed by atoms with Crippen molar-refractivity contribution >= 4 is 11.8 Å². The van der Waals surface area contributed by atoms with Crippen LogP contribution in [0.5, 0.6) is 0 Å². The van der Waals surface area contributed by atoms with Crippen LogP contribution in [-0.4, -0.2) is 43.6 Å². The number of hydrogen-bond acceptors (Lipinski definition) is 6. The standard InChI is InChI=1S/C21H25N5O3/c1-14-7-9-17(10-8-14)21-22-24-26(23-21)13-19(27)18-12-15(2)25(16(18)3)11-5-6-20(28)29-4/h7-10,12H,5-6,11,13H2,1-4H3. The van der Waals surface area contributed by atoms with Crippen molar-refractivity contribution in [1.29, 1.82) is 0 Å². The highest BCUT2D eigenvalue weighted by Gasteiger charge is 2.18. The van der Waals surface area contributed by atoms with Crippen molar-refractivity contribution in [3.8, 4) is 11.4 Å². The number of ketones is 1. The molecule has 0 aliphatic heterocycles. The first-order chi connectivity index (χ1) is 13.9. The molecule has 8 heteroatoms. The predicted molar refractivity (Wildman–Crippen MR) is 107 cm³/mol. The molecule has 0 unspecified atom stereocenters. The van der Waals surface area contributed by atoms with Gasteiger partial charge in [-0.3, -0.25) is 9.59 Å². The van der Waals surface area contributed by atoms with Gasteiger partial charge in [-0.1, -0.05) is 29.8 Å². The zero-order valence-electron chi connectivity index (χ0n) is 17.2. The number of ether oxygens (including phenoxy) is 1. The summed E-state index contributed by atoms with van der Waals surface area (Å²) < 4.78 is 6.72. The van der Waals surface area contributed by atoms with Crippen LogP contribution in [0.2, 0.25) is 0 Å². The van der Waals surface area contributed by atoms with Gasteiger partial charge in [-0.25, -0.2) is 0 Å². The Bertz CT molecular complexity index is 1020. The Morgan fingerprint density at radius 3 is 2.52 bits per heavy atom. The normalized spacial score (nSPS) is 10.9. The molecule has 0 aliphatic carbocycles. The van der Waals surface area contributed by atoms with Crippen molar-refractivity contribution in [2.75, 3.05) is 7.11 Å². The molecule has 2 heterocycles. The number of aryl methyl sites for hydroxylation is 2. The second kappa shape index (κ2) is 8.81. The van der Waals surface area contributed by atoms with E-state index in [1.807, 2.05) is 55.7 Å². The van der Waals surface area contributed by atoms with Crippen LogP contribution in [0.1, 0.15) is 40.2 Å². The van der Waals surface area contributed by atoms with Crippen LogP contribution < -0.4 is 0 Å². The molecular weight excluding hydrogens is 370 g/mol. The van der Waals surface area contributed by atoms with Gasteiger partial charge in [0.1, 0.15) is 6.54 Å². The summed E-state index contributed by atoms with van der Waals surface area (Å²) in [4.78, 5) is 25.4. The summed E-state index contributed by atoms with van der Waals surface area (Å²) >= 11 is 0. The van der Waals surface area contributed by atoms with E-state index in [0.717, 1.165) is 22.5 Å². The number of rotatable bonds is 8. The van der Waals surface area contributed by atoms with Crippen molar-refractivity contribution in [2.45, 2.75) is 46.7 Å². The SMILES string of the molecule is COC(=O)CCCn1c(C)cc(C(=O)Cn2nnc(-c3ccc(C)cc3)n2)c1C. The van der Waals surface area contributed by atoms with Crippen molar-refractivity contribution in [3.63, 3.8) is 0 Å². The maximum absolute atomic E-state index is 12.8. The Hall–Kier alpha value is -3.29. The van der Waals surface area contributed by atoms with Crippen LogP contribution in [-0.2, 0) is 22.6 Å². The van der Waals surface area contributed by atoms with E-state index >= 15 is 0 Å². The van der Waals surface area contributed by atoms with E-state index in [4.69, 9.17) is 0 Å². The maximum atomic E-state index is 12.8. The average molecular weight is 395 g/mol. The average Bonchev–Trinajstić information content (AvgIpc) is 3.27. The van der Waals surface area contributed by atoms with E-state index < -0.39 is 0 Å². The number of carbonyl (C=O) groups excluding carboxylic acids is 2. The molecule has 29 heavy (non-hydrogen) atoms. The molecule has 0 saturated heterocycles. The van der Waals surface area contributed by atoms with Crippen molar-refractivity contribution in [2.24, 2.45) is 0 Å². The number of hydrogen-bond donors (Lipinski definition) is 0. The fourth-order valence-corrected chi connectivity index (χ4v) is 3.25. The molecule has 0 spiro atoms. The third kappa shape index (κ3) is 4.77. The van der Waals surface area contributed by atoms with Gasteiger partial charge in [0.25, 0.3) is 0 Å². The monoisotopic (exact) mass is 395 g/mol. The molecule has 0 saturated carbocycles. The summed E-state index contributed by atoms with van der Waals surface area (Å²) in [5, 5.41) is 12.4. The summed E-state index contributed by atoms with van der Waals surface area (Å²) in [5.41, 5.74) is 4.49. The lowest BCUT2D eigenvalue weighted by Gasteiger charge is -2.09. The van der Waals surface area contributed by atoms with Crippen LogP contribution in [0.4, 0.5) is 0 Å². The summed E-state index contributed by atoms with van der Waals surface area (Å²) in [7, 11) is 1.38. The molecule has 0 bridgehead atoms.